The van der Waals surface area contributed by atoms with Gasteiger partial charge in [-0.15, -0.1) is 10.2 Å². The minimum atomic E-state index is 0.636. The van der Waals surface area contributed by atoms with Gasteiger partial charge in [0, 0.05) is 17.8 Å². The van der Waals surface area contributed by atoms with Crippen molar-refractivity contribution in [1.82, 2.24) is 19.8 Å². The van der Waals surface area contributed by atoms with Crippen LogP contribution in [-0.4, -0.2) is 19.8 Å². The molecule has 0 aliphatic heterocycles. The van der Waals surface area contributed by atoms with Crippen LogP contribution in [0.4, 0.5) is 0 Å². The molecule has 1 radical (unpaired) electrons. The topological polar surface area (TPSA) is 43.1 Å². The van der Waals surface area contributed by atoms with Crippen LogP contribution in [0, 0.1) is 6.07 Å². The minimum Gasteiger partial charge on any atom is -0.192 e. The Bertz CT molecular complexity index is 586. The van der Waals surface area contributed by atoms with E-state index >= 15 is 0 Å². The van der Waals surface area contributed by atoms with Gasteiger partial charge in [0.15, 0.2) is 11.5 Å². The van der Waals surface area contributed by atoms with Gasteiger partial charge >= 0.3 is 0 Å². The molecular weight excluding hydrogens is 188 g/mol. The molecule has 1 aromatic carbocycles. The zero-order chi connectivity index (χ0) is 10.1. The van der Waals surface area contributed by atoms with Gasteiger partial charge < -0.3 is 0 Å². The predicted molar refractivity (Wildman–Crippen MR) is 55.1 cm³/mol. The van der Waals surface area contributed by atoms with Crippen LogP contribution in [-0.2, 0) is 0 Å². The lowest BCUT2D eigenvalue weighted by atomic mass is 10.2. The van der Waals surface area contributed by atoms with Crippen LogP contribution in [0.15, 0.2) is 42.6 Å². The number of nitrogens with zero attached hydrogens (tertiary/aromatic N) is 4. The van der Waals surface area contributed by atoms with Crippen LogP contribution >= 0.6 is 0 Å². The first-order chi connectivity index (χ1) is 7.45. The molecule has 3 aromatic rings. The Balaban J connectivity index is 2.28. The molecule has 2 heterocycles. The quantitative estimate of drug-likeness (QED) is 0.592. The molecule has 71 valence electrons. The van der Waals surface area contributed by atoms with Crippen molar-refractivity contribution in [2.45, 2.75) is 0 Å². The number of rotatable bonds is 1. The Kier molecular flexibility index (Phi) is 1.71. The van der Waals surface area contributed by atoms with E-state index in [0.717, 1.165) is 11.4 Å². The van der Waals surface area contributed by atoms with Crippen LogP contribution in [0.3, 0.4) is 0 Å². The Morgan fingerprint density at radius 1 is 1.07 bits per heavy atom. The third-order valence-corrected chi connectivity index (χ3v) is 2.14. The maximum Gasteiger partial charge on any atom is 0.186 e. The second kappa shape index (κ2) is 3.16. The molecule has 15 heavy (non-hydrogen) atoms. The second-order valence-electron chi connectivity index (χ2n) is 3.10. The second-order valence-corrected chi connectivity index (χ2v) is 3.10. The SMILES string of the molecule is [c]1ccnn2c(-c3ccccc3)nnc12. The molecule has 0 spiro atoms. The first kappa shape index (κ1) is 8.11. The molecule has 4 nitrogen and oxygen atoms in total. The number of fused-ring (bicyclic) bond motifs is 1. The lowest BCUT2D eigenvalue weighted by Crippen LogP contribution is -1.93. The van der Waals surface area contributed by atoms with Crippen molar-refractivity contribution >= 4 is 5.65 Å². The summed E-state index contributed by atoms with van der Waals surface area (Å²) in [6.45, 7) is 0. The standard InChI is InChI=1S/C11H7N4/c1-2-5-9(6-3-1)11-14-13-10-7-4-8-12-15(10)11/h1-6,8H. The molecule has 0 unspecified atom stereocenters. The number of hydrogen-bond acceptors (Lipinski definition) is 3. The molecule has 0 aliphatic carbocycles. The third-order valence-electron chi connectivity index (χ3n) is 2.14. The van der Waals surface area contributed by atoms with Gasteiger partial charge in [0.2, 0.25) is 0 Å². The highest BCUT2D eigenvalue weighted by molar-refractivity contribution is 5.57. The molecule has 0 saturated heterocycles. The zero-order valence-corrected chi connectivity index (χ0v) is 7.83. The highest BCUT2D eigenvalue weighted by atomic mass is 15.4. The Morgan fingerprint density at radius 3 is 2.80 bits per heavy atom. The van der Waals surface area contributed by atoms with Crippen molar-refractivity contribution in [3.05, 3.63) is 48.7 Å². The van der Waals surface area contributed by atoms with Gasteiger partial charge in [-0.2, -0.15) is 9.61 Å². The van der Waals surface area contributed by atoms with Crippen molar-refractivity contribution < 1.29 is 0 Å². The number of aromatic nitrogens is 4. The summed E-state index contributed by atoms with van der Waals surface area (Å²) in [5.41, 5.74) is 1.63. The van der Waals surface area contributed by atoms with Crippen molar-refractivity contribution in [3.63, 3.8) is 0 Å². The maximum absolute atomic E-state index is 4.18. The number of benzene rings is 1. The van der Waals surface area contributed by atoms with E-state index in [-0.39, 0.29) is 0 Å². The van der Waals surface area contributed by atoms with Gasteiger partial charge in [-0.05, 0) is 6.07 Å². The summed E-state index contributed by atoms with van der Waals surface area (Å²) in [6, 6.07) is 14.5. The van der Waals surface area contributed by atoms with Gasteiger partial charge in [0.05, 0.1) is 0 Å². The third kappa shape index (κ3) is 1.27. The molecule has 4 heteroatoms. The Hall–Kier alpha value is -2.23. The fourth-order valence-corrected chi connectivity index (χ4v) is 1.46. The van der Waals surface area contributed by atoms with Gasteiger partial charge in [-0.25, -0.2) is 0 Å². The first-order valence-electron chi connectivity index (χ1n) is 4.59. The smallest absolute Gasteiger partial charge is 0.186 e. The summed E-state index contributed by atoms with van der Waals surface area (Å²) in [4.78, 5) is 0. The highest BCUT2D eigenvalue weighted by Gasteiger charge is 2.06. The summed E-state index contributed by atoms with van der Waals surface area (Å²) in [5, 5.41) is 12.3. The Labute approximate surface area is 86.2 Å². The molecule has 0 aliphatic rings. The molecule has 0 amide bonds. The summed E-state index contributed by atoms with van der Waals surface area (Å²) in [7, 11) is 0. The van der Waals surface area contributed by atoms with Gasteiger partial charge in [-0.3, -0.25) is 0 Å². The van der Waals surface area contributed by atoms with E-state index in [1.807, 2.05) is 30.3 Å². The molecule has 3 rings (SSSR count). The van der Waals surface area contributed by atoms with E-state index in [9.17, 15) is 0 Å². The lowest BCUT2D eigenvalue weighted by molar-refractivity contribution is 0.934. The zero-order valence-electron chi connectivity index (χ0n) is 7.83. The van der Waals surface area contributed by atoms with E-state index < -0.39 is 0 Å². The minimum absolute atomic E-state index is 0.636. The predicted octanol–water partition coefficient (Wildman–Crippen LogP) is 1.59. The van der Waals surface area contributed by atoms with Crippen LogP contribution in [0.2, 0.25) is 0 Å². The van der Waals surface area contributed by atoms with Crippen LogP contribution in [0.5, 0.6) is 0 Å². The number of hydrogen-bond donors (Lipinski definition) is 0. The van der Waals surface area contributed by atoms with Crippen LogP contribution in [0.25, 0.3) is 17.0 Å². The molecular formula is C11H7N4. The van der Waals surface area contributed by atoms with Crippen LogP contribution in [0.1, 0.15) is 0 Å². The summed E-state index contributed by atoms with van der Waals surface area (Å²) >= 11 is 0. The van der Waals surface area contributed by atoms with Crippen molar-refractivity contribution in [2.75, 3.05) is 0 Å². The highest BCUT2D eigenvalue weighted by Crippen LogP contribution is 2.15. The largest absolute Gasteiger partial charge is 0.192 e. The molecule has 0 N–H and O–H groups in total. The molecule has 0 bridgehead atoms. The Morgan fingerprint density at radius 2 is 1.93 bits per heavy atom. The average Bonchev–Trinajstić information content (AvgIpc) is 2.74. The van der Waals surface area contributed by atoms with Crippen LogP contribution < -0.4 is 0 Å². The summed E-state index contributed by atoms with van der Waals surface area (Å²) in [6.07, 6.45) is 1.67. The fraction of sp³-hybridized carbons (Fsp3) is 0. The van der Waals surface area contributed by atoms with E-state index in [1.165, 1.54) is 0 Å². The van der Waals surface area contributed by atoms with E-state index in [0.29, 0.717) is 5.65 Å². The van der Waals surface area contributed by atoms with Gasteiger partial charge in [-0.1, -0.05) is 30.3 Å². The summed E-state index contributed by atoms with van der Waals surface area (Å²) in [5.74, 6) is 0.738. The van der Waals surface area contributed by atoms with Crippen molar-refractivity contribution in [1.29, 1.82) is 0 Å². The van der Waals surface area contributed by atoms with E-state index in [4.69, 9.17) is 0 Å². The van der Waals surface area contributed by atoms with Crippen molar-refractivity contribution in [2.24, 2.45) is 0 Å². The molecule has 2 aromatic heterocycles. The summed E-state index contributed by atoms with van der Waals surface area (Å²) < 4.78 is 1.68. The van der Waals surface area contributed by atoms with E-state index in [2.05, 4.69) is 21.4 Å². The fourth-order valence-electron chi connectivity index (χ4n) is 1.46. The average molecular weight is 195 g/mol. The molecule has 0 saturated carbocycles. The lowest BCUT2D eigenvalue weighted by Gasteiger charge is -1.96. The normalized spacial score (nSPS) is 10.7. The molecule has 0 atom stereocenters. The van der Waals surface area contributed by atoms with Crippen molar-refractivity contribution in [3.8, 4) is 11.4 Å². The monoisotopic (exact) mass is 195 g/mol. The molecule has 0 fully saturated rings. The van der Waals surface area contributed by atoms with Gasteiger partial charge in [0.1, 0.15) is 0 Å². The van der Waals surface area contributed by atoms with E-state index in [1.54, 1.807) is 16.8 Å². The first-order valence-corrected chi connectivity index (χ1v) is 4.59. The van der Waals surface area contributed by atoms with Gasteiger partial charge in [0.25, 0.3) is 0 Å². The maximum atomic E-state index is 4.18.